The second-order valence-corrected chi connectivity index (χ2v) is 4.64. The molecule has 0 amide bonds. The average molecular weight is 203 g/mol. The predicted molar refractivity (Wildman–Crippen MR) is 64.9 cm³/mol. The topological polar surface area (TPSA) is 3.24 Å². The summed E-state index contributed by atoms with van der Waals surface area (Å²) in [6.07, 6.45) is 2.48. The summed E-state index contributed by atoms with van der Waals surface area (Å²) in [5.41, 5.74) is 2.93. The van der Waals surface area contributed by atoms with Crippen LogP contribution in [0.3, 0.4) is 0 Å². The largest absolute Gasteiger partial charge is 0.298 e. The molecule has 0 aromatic heterocycles. The van der Waals surface area contributed by atoms with Crippen LogP contribution in [0.15, 0.2) is 24.3 Å². The van der Waals surface area contributed by atoms with Gasteiger partial charge in [0.25, 0.3) is 0 Å². The lowest BCUT2D eigenvalue weighted by Crippen LogP contribution is -2.45. The molecule has 0 radical (unpaired) electrons. The number of likely N-dealkylation sites (tertiary alicyclic amines) is 1. The van der Waals surface area contributed by atoms with E-state index in [4.69, 9.17) is 0 Å². The first-order valence-electron chi connectivity index (χ1n) is 6.12. The Labute approximate surface area is 93.1 Å². The van der Waals surface area contributed by atoms with Gasteiger partial charge in [0.1, 0.15) is 0 Å². The van der Waals surface area contributed by atoms with Crippen LogP contribution in [-0.4, -0.2) is 18.0 Å². The summed E-state index contributed by atoms with van der Waals surface area (Å²) in [4.78, 5) is 2.54. The summed E-state index contributed by atoms with van der Waals surface area (Å²) in [6.45, 7) is 8.25. The van der Waals surface area contributed by atoms with Crippen LogP contribution >= 0.6 is 0 Å². The van der Waals surface area contributed by atoms with Crippen molar-refractivity contribution in [1.29, 1.82) is 0 Å². The summed E-state index contributed by atoms with van der Waals surface area (Å²) in [7, 11) is 0. The summed E-state index contributed by atoms with van der Waals surface area (Å²) in [5, 5.41) is 0. The third-order valence-electron chi connectivity index (χ3n) is 3.42. The molecule has 1 aliphatic heterocycles. The van der Waals surface area contributed by atoms with E-state index in [0.29, 0.717) is 0 Å². The molecule has 0 N–H and O–H groups in total. The van der Waals surface area contributed by atoms with E-state index in [2.05, 4.69) is 43.0 Å². The highest BCUT2D eigenvalue weighted by Gasteiger charge is 2.24. The Hall–Kier alpha value is -0.820. The average Bonchev–Trinajstić information content (AvgIpc) is 2.23. The minimum absolute atomic E-state index is 0.958. The Morgan fingerprint density at radius 2 is 1.93 bits per heavy atom. The van der Waals surface area contributed by atoms with E-state index in [1.165, 1.54) is 30.6 Å². The second kappa shape index (κ2) is 4.80. The van der Waals surface area contributed by atoms with Crippen molar-refractivity contribution < 1.29 is 0 Å². The van der Waals surface area contributed by atoms with Crippen molar-refractivity contribution in [3.8, 4) is 0 Å². The highest BCUT2D eigenvalue weighted by molar-refractivity contribution is 5.23. The van der Waals surface area contributed by atoms with Crippen molar-refractivity contribution in [3.63, 3.8) is 0 Å². The molecule has 0 spiro atoms. The lowest BCUT2D eigenvalue weighted by Gasteiger charge is -2.38. The molecule has 1 heterocycles. The first-order valence-corrected chi connectivity index (χ1v) is 6.12. The Balaban J connectivity index is 1.88. The van der Waals surface area contributed by atoms with E-state index in [0.717, 1.165) is 18.9 Å². The highest BCUT2D eigenvalue weighted by atomic mass is 15.2. The van der Waals surface area contributed by atoms with Crippen LogP contribution in [0.2, 0.25) is 0 Å². The zero-order valence-electron chi connectivity index (χ0n) is 9.87. The highest BCUT2D eigenvalue weighted by Crippen LogP contribution is 2.21. The smallest absolute Gasteiger partial charge is 0.0234 e. The molecule has 1 aliphatic rings. The lowest BCUT2D eigenvalue weighted by atomic mass is 9.96. The molecule has 15 heavy (non-hydrogen) atoms. The van der Waals surface area contributed by atoms with Crippen molar-refractivity contribution in [2.75, 3.05) is 13.1 Å². The number of aryl methyl sites for hydroxylation is 1. The molecule has 1 nitrogen and oxygen atoms in total. The molecule has 0 unspecified atom stereocenters. The van der Waals surface area contributed by atoms with Gasteiger partial charge in [0, 0.05) is 19.6 Å². The first-order chi connectivity index (χ1) is 7.31. The van der Waals surface area contributed by atoms with Gasteiger partial charge in [0.05, 0.1) is 0 Å². The maximum atomic E-state index is 2.54. The fourth-order valence-electron chi connectivity index (χ4n) is 2.27. The van der Waals surface area contributed by atoms with E-state index in [1.54, 1.807) is 0 Å². The number of hydrogen-bond donors (Lipinski definition) is 0. The molecule has 0 atom stereocenters. The van der Waals surface area contributed by atoms with Crippen LogP contribution < -0.4 is 0 Å². The van der Waals surface area contributed by atoms with Gasteiger partial charge >= 0.3 is 0 Å². The van der Waals surface area contributed by atoms with Gasteiger partial charge in [-0.05, 0) is 23.5 Å². The summed E-state index contributed by atoms with van der Waals surface area (Å²) in [6, 6.07) is 9.00. The van der Waals surface area contributed by atoms with Crippen LogP contribution in [0, 0.1) is 5.92 Å². The van der Waals surface area contributed by atoms with E-state index in [-0.39, 0.29) is 0 Å². The molecule has 1 saturated heterocycles. The van der Waals surface area contributed by atoms with Crippen LogP contribution in [0.4, 0.5) is 0 Å². The van der Waals surface area contributed by atoms with Gasteiger partial charge in [0.2, 0.25) is 0 Å². The Kier molecular flexibility index (Phi) is 3.42. The molecule has 0 bridgehead atoms. The monoisotopic (exact) mass is 203 g/mol. The molecule has 1 aromatic carbocycles. The van der Waals surface area contributed by atoms with Crippen molar-refractivity contribution in [2.24, 2.45) is 5.92 Å². The lowest BCUT2D eigenvalue weighted by molar-refractivity contribution is 0.0899. The Morgan fingerprint density at radius 1 is 1.20 bits per heavy atom. The number of hydrogen-bond acceptors (Lipinski definition) is 1. The Morgan fingerprint density at radius 3 is 2.60 bits per heavy atom. The SMILES string of the molecule is CCc1cccc(CN2CC(CC)C2)c1. The minimum atomic E-state index is 0.958. The second-order valence-electron chi connectivity index (χ2n) is 4.64. The minimum Gasteiger partial charge on any atom is -0.298 e. The Bertz CT molecular complexity index is 313. The third-order valence-corrected chi connectivity index (χ3v) is 3.42. The molecule has 2 rings (SSSR count). The van der Waals surface area contributed by atoms with Crippen LogP contribution in [0.5, 0.6) is 0 Å². The molecule has 1 aromatic rings. The van der Waals surface area contributed by atoms with Gasteiger partial charge in [-0.1, -0.05) is 44.5 Å². The van der Waals surface area contributed by atoms with Gasteiger partial charge in [0.15, 0.2) is 0 Å². The summed E-state index contributed by atoms with van der Waals surface area (Å²) >= 11 is 0. The van der Waals surface area contributed by atoms with Crippen molar-refractivity contribution in [1.82, 2.24) is 4.90 Å². The zero-order chi connectivity index (χ0) is 10.7. The fourth-order valence-corrected chi connectivity index (χ4v) is 2.27. The molecule has 1 fully saturated rings. The number of benzene rings is 1. The first kappa shape index (κ1) is 10.7. The normalized spacial score (nSPS) is 17.7. The van der Waals surface area contributed by atoms with Crippen LogP contribution in [0.25, 0.3) is 0 Å². The number of nitrogens with zero attached hydrogens (tertiary/aromatic N) is 1. The van der Waals surface area contributed by atoms with E-state index in [9.17, 15) is 0 Å². The molecule has 0 saturated carbocycles. The quantitative estimate of drug-likeness (QED) is 0.727. The van der Waals surface area contributed by atoms with E-state index < -0.39 is 0 Å². The van der Waals surface area contributed by atoms with Crippen molar-refractivity contribution in [3.05, 3.63) is 35.4 Å². The van der Waals surface area contributed by atoms with Crippen molar-refractivity contribution >= 4 is 0 Å². The molecular formula is C14H21N. The molecular weight excluding hydrogens is 182 g/mol. The maximum Gasteiger partial charge on any atom is 0.0234 e. The van der Waals surface area contributed by atoms with Crippen LogP contribution in [-0.2, 0) is 13.0 Å². The standard InChI is InChI=1S/C14H21N/c1-3-12-6-5-7-14(8-12)11-15-9-13(4-2)10-15/h5-8,13H,3-4,9-11H2,1-2H3. The van der Waals surface area contributed by atoms with Gasteiger partial charge in [-0.25, -0.2) is 0 Å². The molecule has 0 aliphatic carbocycles. The van der Waals surface area contributed by atoms with Gasteiger partial charge in [-0.15, -0.1) is 0 Å². The molecule has 1 heteroatoms. The fraction of sp³-hybridized carbons (Fsp3) is 0.571. The van der Waals surface area contributed by atoms with Crippen LogP contribution in [0.1, 0.15) is 31.4 Å². The summed E-state index contributed by atoms with van der Waals surface area (Å²) in [5.74, 6) is 0.958. The van der Waals surface area contributed by atoms with Crippen molar-refractivity contribution in [2.45, 2.75) is 33.2 Å². The van der Waals surface area contributed by atoms with Gasteiger partial charge in [-0.3, -0.25) is 4.90 Å². The maximum absolute atomic E-state index is 2.54. The van der Waals surface area contributed by atoms with E-state index in [1.807, 2.05) is 0 Å². The zero-order valence-corrected chi connectivity index (χ0v) is 9.87. The van der Waals surface area contributed by atoms with Gasteiger partial charge < -0.3 is 0 Å². The molecule has 82 valence electrons. The summed E-state index contributed by atoms with van der Waals surface area (Å²) < 4.78 is 0. The number of rotatable bonds is 4. The predicted octanol–water partition coefficient (Wildman–Crippen LogP) is 3.09. The van der Waals surface area contributed by atoms with Gasteiger partial charge in [-0.2, -0.15) is 0 Å². The third kappa shape index (κ3) is 2.60. The van der Waals surface area contributed by atoms with E-state index >= 15 is 0 Å².